The van der Waals surface area contributed by atoms with Crippen LogP contribution in [0.4, 0.5) is 9.18 Å². The van der Waals surface area contributed by atoms with Crippen molar-refractivity contribution in [1.29, 1.82) is 0 Å². The first-order valence-corrected chi connectivity index (χ1v) is 10.3. The highest BCUT2D eigenvalue weighted by atomic mass is 19.1. The van der Waals surface area contributed by atoms with Gasteiger partial charge in [0.2, 0.25) is 0 Å². The quantitative estimate of drug-likeness (QED) is 0.733. The predicted octanol–water partition coefficient (Wildman–Crippen LogP) is 2.41. The van der Waals surface area contributed by atoms with Crippen LogP contribution in [0.25, 0.3) is 0 Å². The number of aliphatic imine (C=N–C) groups is 1. The van der Waals surface area contributed by atoms with Crippen LogP contribution in [0.1, 0.15) is 35.2 Å². The zero-order valence-corrected chi connectivity index (χ0v) is 16.8. The molecule has 0 spiro atoms. The number of fused-ring (bicyclic) bond motifs is 1. The lowest BCUT2D eigenvalue weighted by molar-refractivity contribution is -0.123. The Morgan fingerprint density at radius 1 is 1.06 bits per heavy atom. The molecular formula is C23H21FN4O3. The Balaban J connectivity index is 1.46. The summed E-state index contributed by atoms with van der Waals surface area (Å²) in [5.41, 5.74) is 2.83. The third kappa shape index (κ3) is 3.28. The van der Waals surface area contributed by atoms with Crippen molar-refractivity contribution in [3.05, 3.63) is 70.1 Å². The molecule has 0 aromatic heterocycles. The van der Waals surface area contributed by atoms with Gasteiger partial charge in [-0.25, -0.2) is 9.18 Å². The molecule has 158 valence electrons. The second kappa shape index (κ2) is 7.30. The number of imide groups is 1. The van der Waals surface area contributed by atoms with Gasteiger partial charge >= 0.3 is 6.03 Å². The van der Waals surface area contributed by atoms with Crippen LogP contribution in [-0.2, 0) is 11.3 Å². The topological polar surface area (TPSA) is 90.9 Å². The van der Waals surface area contributed by atoms with Gasteiger partial charge in [0.1, 0.15) is 5.82 Å². The molecule has 4 amide bonds. The molecule has 0 radical (unpaired) electrons. The highest BCUT2D eigenvalue weighted by Crippen LogP contribution is 2.35. The Hall–Kier alpha value is -3.55. The molecule has 1 saturated heterocycles. The second-order valence-electron chi connectivity index (χ2n) is 8.16. The number of allylic oxidation sites excluding steroid dienone is 4. The Morgan fingerprint density at radius 3 is 2.58 bits per heavy atom. The van der Waals surface area contributed by atoms with E-state index in [0.29, 0.717) is 17.5 Å². The van der Waals surface area contributed by atoms with Crippen molar-refractivity contribution in [2.24, 2.45) is 4.99 Å². The van der Waals surface area contributed by atoms with Crippen LogP contribution >= 0.6 is 0 Å². The highest BCUT2D eigenvalue weighted by Gasteiger charge is 2.51. The standard InChI is InChI=1S/C23H21FN4O3/c24-18-6-3-16-12-28(20(29)19(16)11-18)13-23(21(30)26-22(31)27-23)17-4-1-14(2-5-17)15-7-9-25-10-8-15/h1,3-4,6-7,9,11H,2,5,8,10,12-13H2,(H2,26,27,30,31)/t23-/m0/s1. The second-order valence-corrected chi connectivity index (χ2v) is 8.16. The van der Waals surface area contributed by atoms with Gasteiger partial charge in [-0.3, -0.25) is 19.9 Å². The van der Waals surface area contributed by atoms with Gasteiger partial charge in [-0.15, -0.1) is 0 Å². The number of nitrogens with zero attached hydrogens (tertiary/aromatic N) is 2. The molecule has 31 heavy (non-hydrogen) atoms. The average molecular weight is 420 g/mol. The molecule has 2 N–H and O–H groups in total. The largest absolute Gasteiger partial charge is 0.331 e. The van der Waals surface area contributed by atoms with E-state index in [-0.39, 0.29) is 19.0 Å². The third-order valence-electron chi connectivity index (χ3n) is 6.32. The van der Waals surface area contributed by atoms with Crippen LogP contribution in [0.2, 0.25) is 0 Å². The number of hydrogen-bond acceptors (Lipinski definition) is 4. The first kappa shape index (κ1) is 19.4. The van der Waals surface area contributed by atoms with Crippen molar-refractivity contribution in [3.63, 3.8) is 0 Å². The summed E-state index contributed by atoms with van der Waals surface area (Å²) in [7, 11) is 0. The maximum atomic E-state index is 13.6. The van der Waals surface area contributed by atoms with Crippen molar-refractivity contribution < 1.29 is 18.8 Å². The number of hydrogen-bond donors (Lipinski definition) is 2. The molecule has 1 aliphatic carbocycles. The van der Waals surface area contributed by atoms with E-state index in [2.05, 4.69) is 15.6 Å². The van der Waals surface area contributed by atoms with E-state index in [9.17, 15) is 18.8 Å². The summed E-state index contributed by atoms with van der Waals surface area (Å²) >= 11 is 0. The number of amides is 4. The Bertz CT molecular complexity index is 1130. The van der Waals surface area contributed by atoms with Crippen molar-refractivity contribution in [2.45, 2.75) is 31.3 Å². The van der Waals surface area contributed by atoms with Crippen LogP contribution in [0, 0.1) is 5.82 Å². The average Bonchev–Trinajstić information content (AvgIpc) is 3.24. The van der Waals surface area contributed by atoms with E-state index in [0.717, 1.165) is 25.0 Å². The molecule has 1 aromatic carbocycles. The molecule has 1 atom stereocenters. The Kier molecular flexibility index (Phi) is 4.57. The van der Waals surface area contributed by atoms with Crippen molar-refractivity contribution in [1.82, 2.24) is 15.5 Å². The first-order chi connectivity index (χ1) is 15.0. The first-order valence-electron chi connectivity index (χ1n) is 10.3. The molecular weight excluding hydrogens is 399 g/mol. The van der Waals surface area contributed by atoms with Crippen molar-refractivity contribution in [2.75, 3.05) is 13.1 Å². The summed E-state index contributed by atoms with van der Waals surface area (Å²) in [6, 6.07) is 3.53. The lowest BCUT2D eigenvalue weighted by Gasteiger charge is -2.34. The SMILES string of the molecule is O=C1NC(=O)[C@](CN2Cc3ccc(F)cc3C2=O)(C2=CC=C(C3=CC=NCC3)CC2)N1. The molecule has 1 aromatic rings. The molecule has 3 aliphatic heterocycles. The lowest BCUT2D eigenvalue weighted by Crippen LogP contribution is -2.56. The molecule has 4 aliphatic rings. The maximum Gasteiger partial charge on any atom is 0.322 e. The number of carbonyl (C=O) groups is 3. The smallest absolute Gasteiger partial charge is 0.322 e. The fraction of sp³-hybridized carbons (Fsp3) is 0.304. The van der Waals surface area contributed by atoms with Crippen molar-refractivity contribution in [3.8, 4) is 0 Å². The maximum absolute atomic E-state index is 13.6. The minimum Gasteiger partial charge on any atom is -0.331 e. The van der Waals surface area contributed by atoms with E-state index in [1.165, 1.54) is 28.2 Å². The minimum atomic E-state index is -1.34. The van der Waals surface area contributed by atoms with E-state index >= 15 is 0 Å². The van der Waals surface area contributed by atoms with E-state index < -0.39 is 23.3 Å². The van der Waals surface area contributed by atoms with Crippen LogP contribution < -0.4 is 10.6 Å². The zero-order chi connectivity index (χ0) is 21.6. The summed E-state index contributed by atoms with van der Waals surface area (Å²) in [6.07, 6.45) is 9.87. The fourth-order valence-electron chi connectivity index (χ4n) is 4.69. The Morgan fingerprint density at radius 2 is 1.90 bits per heavy atom. The molecule has 0 bridgehead atoms. The van der Waals surface area contributed by atoms with Crippen LogP contribution in [0.15, 0.2) is 58.1 Å². The molecule has 3 heterocycles. The van der Waals surface area contributed by atoms with E-state index in [1.54, 1.807) is 6.07 Å². The summed E-state index contributed by atoms with van der Waals surface area (Å²) in [6.45, 7) is 1.02. The number of dihydropyridines is 1. The van der Waals surface area contributed by atoms with E-state index in [4.69, 9.17) is 0 Å². The van der Waals surface area contributed by atoms with Gasteiger partial charge in [0, 0.05) is 24.9 Å². The summed E-state index contributed by atoms with van der Waals surface area (Å²) in [5.74, 6) is -1.30. The van der Waals surface area contributed by atoms with Crippen LogP contribution in [0.5, 0.6) is 0 Å². The van der Waals surface area contributed by atoms with Gasteiger partial charge in [-0.1, -0.05) is 18.2 Å². The van der Waals surface area contributed by atoms with Gasteiger partial charge < -0.3 is 10.2 Å². The van der Waals surface area contributed by atoms with E-state index in [1.807, 2.05) is 24.4 Å². The number of rotatable bonds is 4. The fourth-order valence-corrected chi connectivity index (χ4v) is 4.69. The number of urea groups is 1. The van der Waals surface area contributed by atoms with Crippen LogP contribution in [0.3, 0.4) is 0 Å². The molecule has 0 unspecified atom stereocenters. The van der Waals surface area contributed by atoms with Crippen molar-refractivity contribution >= 4 is 24.1 Å². The highest BCUT2D eigenvalue weighted by molar-refractivity contribution is 6.10. The van der Waals surface area contributed by atoms with Gasteiger partial charge in [0.25, 0.3) is 11.8 Å². The summed E-state index contributed by atoms with van der Waals surface area (Å²) in [4.78, 5) is 43.6. The number of carbonyl (C=O) groups excluding carboxylic acids is 3. The lowest BCUT2D eigenvalue weighted by atomic mass is 9.80. The molecule has 7 nitrogen and oxygen atoms in total. The summed E-state index contributed by atoms with van der Waals surface area (Å²) in [5, 5.41) is 5.09. The molecule has 1 fully saturated rings. The number of nitrogens with one attached hydrogen (secondary N) is 2. The molecule has 5 rings (SSSR count). The Labute approximate surface area is 178 Å². The minimum absolute atomic E-state index is 0.00985. The molecule has 0 saturated carbocycles. The van der Waals surface area contributed by atoms with Gasteiger partial charge in [0.05, 0.1) is 6.54 Å². The third-order valence-corrected chi connectivity index (χ3v) is 6.32. The number of halogens is 1. The van der Waals surface area contributed by atoms with Gasteiger partial charge in [-0.05, 0) is 59.8 Å². The zero-order valence-electron chi connectivity index (χ0n) is 16.8. The predicted molar refractivity (Wildman–Crippen MR) is 112 cm³/mol. The van der Waals surface area contributed by atoms with Crippen LogP contribution in [-0.4, -0.2) is 47.6 Å². The monoisotopic (exact) mass is 420 g/mol. The summed E-state index contributed by atoms with van der Waals surface area (Å²) < 4.78 is 13.6. The van der Waals surface area contributed by atoms with Gasteiger partial charge in [0.15, 0.2) is 5.54 Å². The molecule has 8 heteroatoms. The van der Waals surface area contributed by atoms with Gasteiger partial charge in [-0.2, -0.15) is 0 Å². The normalized spacial score (nSPS) is 25.0. The number of benzene rings is 1.